The maximum Gasteiger partial charge on any atom is 0.159 e. The number of nitriles is 1. The van der Waals surface area contributed by atoms with Crippen molar-refractivity contribution in [3.63, 3.8) is 0 Å². The van der Waals surface area contributed by atoms with Gasteiger partial charge in [0.1, 0.15) is 16.6 Å². The zero-order chi connectivity index (χ0) is 12.8. The van der Waals surface area contributed by atoms with Gasteiger partial charge < -0.3 is 11.1 Å². The highest BCUT2D eigenvalue weighted by Crippen LogP contribution is 2.24. The molecule has 3 N–H and O–H groups in total. The van der Waals surface area contributed by atoms with Gasteiger partial charge in [-0.05, 0) is 29.9 Å². The molecule has 4 nitrogen and oxygen atoms in total. The topological polar surface area (TPSA) is 74.7 Å². The zero-order valence-corrected chi connectivity index (χ0v) is 10.7. The normalized spacial score (nSPS) is 9.94. The summed E-state index contributed by atoms with van der Waals surface area (Å²) in [6.07, 6.45) is 2.00. The van der Waals surface area contributed by atoms with Crippen LogP contribution in [0.4, 0.5) is 10.8 Å². The van der Waals surface area contributed by atoms with Crippen molar-refractivity contribution < 1.29 is 0 Å². The fraction of sp³-hybridized carbons (Fsp3) is 0.231. The molecule has 0 aliphatic rings. The summed E-state index contributed by atoms with van der Waals surface area (Å²) >= 11 is 1.15. The molecule has 0 saturated heterocycles. The third-order valence-electron chi connectivity index (χ3n) is 2.61. The van der Waals surface area contributed by atoms with Gasteiger partial charge in [0, 0.05) is 6.54 Å². The summed E-state index contributed by atoms with van der Waals surface area (Å²) in [6.45, 7) is 0.784. The molecule has 92 valence electrons. The average Bonchev–Trinajstić information content (AvgIpc) is 2.76. The largest absolute Gasteiger partial charge is 0.388 e. The molecule has 0 spiro atoms. The van der Waals surface area contributed by atoms with E-state index in [-0.39, 0.29) is 0 Å². The number of benzene rings is 1. The SMILES string of the molecule is N#Cc1c(NCCCc2ccccc2)nsc1N. The molecule has 0 unspecified atom stereocenters. The average molecular weight is 258 g/mol. The van der Waals surface area contributed by atoms with Crippen LogP contribution < -0.4 is 11.1 Å². The monoisotopic (exact) mass is 258 g/mol. The van der Waals surface area contributed by atoms with Gasteiger partial charge in [-0.3, -0.25) is 0 Å². The Kier molecular flexibility index (Phi) is 4.15. The number of hydrogen-bond acceptors (Lipinski definition) is 5. The highest BCUT2D eigenvalue weighted by atomic mass is 32.1. The number of aromatic nitrogens is 1. The minimum Gasteiger partial charge on any atom is -0.388 e. The maximum atomic E-state index is 8.92. The molecule has 1 heterocycles. The molecule has 2 aromatic rings. The van der Waals surface area contributed by atoms with Crippen LogP contribution >= 0.6 is 11.5 Å². The first-order valence-corrected chi connectivity index (χ1v) is 6.51. The van der Waals surface area contributed by atoms with E-state index in [9.17, 15) is 0 Å². The first kappa shape index (κ1) is 12.4. The second-order valence-corrected chi connectivity index (χ2v) is 4.70. The molecule has 0 aliphatic heterocycles. The minimum absolute atomic E-state index is 0.458. The van der Waals surface area contributed by atoms with E-state index in [1.54, 1.807) is 0 Å². The van der Waals surface area contributed by atoms with E-state index in [1.807, 2.05) is 18.2 Å². The first-order chi connectivity index (χ1) is 8.81. The van der Waals surface area contributed by atoms with E-state index in [1.165, 1.54) is 5.56 Å². The van der Waals surface area contributed by atoms with Crippen LogP contribution in [-0.4, -0.2) is 10.9 Å². The lowest BCUT2D eigenvalue weighted by atomic mass is 10.1. The Bertz CT molecular complexity index is 542. The van der Waals surface area contributed by atoms with Crippen LogP contribution in [0.3, 0.4) is 0 Å². The van der Waals surface area contributed by atoms with Gasteiger partial charge in [-0.2, -0.15) is 9.64 Å². The van der Waals surface area contributed by atoms with E-state index < -0.39 is 0 Å². The fourth-order valence-corrected chi connectivity index (χ4v) is 2.25. The van der Waals surface area contributed by atoms with E-state index in [4.69, 9.17) is 11.0 Å². The van der Waals surface area contributed by atoms with Gasteiger partial charge in [-0.25, -0.2) is 0 Å². The van der Waals surface area contributed by atoms with Crippen LogP contribution in [0, 0.1) is 11.3 Å². The highest BCUT2D eigenvalue weighted by Gasteiger charge is 2.09. The van der Waals surface area contributed by atoms with Crippen molar-refractivity contribution in [2.45, 2.75) is 12.8 Å². The molecule has 0 radical (unpaired) electrons. The fourth-order valence-electron chi connectivity index (χ4n) is 1.68. The summed E-state index contributed by atoms with van der Waals surface area (Å²) in [5, 5.41) is 12.5. The number of nitrogens with one attached hydrogen (secondary N) is 1. The Balaban J connectivity index is 1.81. The summed E-state index contributed by atoms with van der Waals surface area (Å²) < 4.78 is 4.11. The Labute approximate surface area is 110 Å². The van der Waals surface area contributed by atoms with Crippen LogP contribution in [0.25, 0.3) is 0 Å². The third-order valence-corrected chi connectivity index (χ3v) is 3.28. The van der Waals surface area contributed by atoms with E-state index in [0.29, 0.717) is 16.4 Å². The van der Waals surface area contributed by atoms with Crippen LogP contribution in [-0.2, 0) is 6.42 Å². The molecular formula is C13H14N4S. The standard InChI is InChI=1S/C13H14N4S/c14-9-11-12(15)18-17-13(11)16-8-4-7-10-5-2-1-3-6-10/h1-3,5-6H,4,7-8,15H2,(H,16,17). The molecule has 5 heteroatoms. The Morgan fingerprint density at radius 3 is 2.83 bits per heavy atom. The van der Waals surface area contributed by atoms with Crippen molar-refractivity contribution in [1.29, 1.82) is 5.26 Å². The number of anilines is 2. The van der Waals surface area contributed by atoms with Gasteiger partial charge in [0.2, 0.25) is 0 Å². The first-order valence-electron chi connectivity index (χ1n) is 5.74. The summed E-state index contributed by atoms with van der Waals surface area (Å²) in [5.41, 5.74) is 7.42. The minimum atomic E-state index is 0.458. The molecule has 1 aromatic heterocycles. The predicted molar refractivity (Wildman–Crippen MR) is 74.5 cm³/mol. The zero-order valence-electron chi connectivity index (χ0n) is 9.89. The van der Waals surface area contributed by atoms with Gasteiger partial charge in [-0.1, -0.05) is 30.3 Å². The van der Waals surface area contributed by atoms with Crippen molar-refractivity contribution in [3.05, 3.63) is 41.5 Å². The number of aryl methyl sites for hydroxylation is 1. The molecule has 0 aliphatic carbocycles. The summed E-state index contributed by atoms with van der Waals surface area (Å²) in [7, 11) is 0. The Morgan fingerprint density at radius 2 is 2.11 bits per heavy atom. The molecule has 1 aromatic carbocycles. The van der Waals surface area contributed by atoms with Gasteiger partial charge >= 0.3 is 0 Å². The molecule has 2 rings (SSSR count). The smallest absolute Gasteiger partial charge is 0.159 e. The number of nitrogens with zero attached hydrogens (tertiary/aromatic N) is 2. The molecule has 18 heavy (non-hydrogen) atoms. The van der Waals surface area contributed by atoms with Gasteiger partial charge in [-0.15, -0.1) is 0 Å². The van der Waals surface area contributed by atoms with Crippen LogP contribution in [0.2, 0.25) is 0 Å². The van der Waals surface area contributed by atoms with Crippen molar-refractivity contribution in [3.8, 4) is 6.07 Å². The Hall–Kier alpha value is -2.06. The summed E-state index contributed by atoms with van der Waals surface area (Å²) in [5.74, 6) is 0.605. The van der Waals surface area contributed by atoms with Crippen molar-refractivity contribution in [1.82, 2.24) is 4.37 Å². The molecule has 0 bridgehead atoms. The highest BCUT2D eigenvalue weighted by molar-refractivity contribution is 7.10. The van der Waals surface area contributed by atoms with Crippen molar-refractivity contribution >= 4 is 22.4 Å². The lowest BCUT2D eigenvalue weighted by Gasteiger charge is -2.03. The maximum absolute atomic E-state index is 8.92. The molecule has 0 saturated carbocycles. The quantitative estimate of drug-likeness (QED) is 0.808. The number of nitrogens with two attached hydrogens (primary N) is 1. The summed E-state index contributed by atoms with van der Waals surface area (Å²) in [4.78, 5) is 0. The van der Waals surface area contributed by atoms with Crippen LogP contribution in [0.5, 0.6) is 0 Å². The second-order valence-electron chi connectivity index (χ2n) is 3.90. The lowest BCUT2D eigenvalue weighted by Crippen LogP contribution is -2.04. The molecule has 0 atom stereocenters. The van der Waals surface area contributed by atoms with E-state index in [2.05, 4.69) is 27.9 Å². The van der Waals surface area contributed by atoms with Crippen LogP contribution in [0.15, 0.2) is 30.3 Å². The van der Waals surface area contributed by atoms with E-state index in [0.717, 1.165) is 30.9 Å². The lowest BCUT2D eigenvalue weighted by molar-refractivity contribution is 0.860. The summed E-state index contributed by atoms with van der Waals surface area (Å²) in [6, 6.07) is 12.4. The second kappa shape index (κ2) is 6.03. The van der Waals surface area contributed by atoms with E-state index >= 15 is 0 Å². The van der Waals surface area contributed by atoms with Gasteiger partial charge in [0.15, 0.2) is 5.82 Å². The number of hydrogen-bond donors (Lipinski definition) is 2. The predicted octanol–water partition coefficient (Wildman–Crippen LogP) is 2.64. The third kappa shape index (κ3) is 2.99. The molecule has 0 fully saturated rings. The molecule has 0 amide bonds. The van der Waals surface area contributed by atoms with Crippen molar-refractivity contribution in [2.75, 3.05) is 17.6 Å². The Morgan fingerprint density at radius 1 is 1.33 bits per heavy atom. The molecular weight excluding hydrogens is 244 g/mol. The number of rotatable bonds is 5. The van der Waals surface area contributed by atoms with Gasteiger partial charge in [0.25, 0.3) is 0 Å². The number of nitrogen functional groups attached to an aromatic ring is 1. The van der Waals surface area contributed by atoms with Crippen LogP contribution in [0.1, 0.15) is 17.5 Å². The van der Waals surface area contributed by atoms with Crippen molar-refractivity contribution in [2.24, 2.45) is 0 Å². The van der Waals surface area contributed by atoms with Gasteiger partial charge in [0.05, 0.1) is 0 Å².